The number of rotatable bonds is 3. The molecule has 1 heterocycles. The average molecular weight is 289 g/mol. The van der Waals surface area contributed by atoms with E-state index in [9.17, 15) is 5.11 Å². The molecule has 2 rings (SSSR count). The van der Waals surface area contributed by atoms with Crippen LogP contribution in [0.25, 0.3) is 0 Å². The molecule has 0 aliphatic heterocycles. The minimum Gasteiger partial charge on any atom is -0.387 e. The van der Waals surface area contributed by atoms with E-state index in [4.69, 9.17) is 23.2 Å². The van der Waals surface area contributed by atoms with Crippen LogP contribution < -0.4 is 0 Å². The molecular formula is C11H10Cl2N2OS. The van der Waals surface area contributed by atoms with Gasteiger partial charge in [-0.2, -0.15) is 0 Å². The van der Waals surface area contributed by atoms with Gasteiger partial charge in [0.05, 0.1) is 26.7 Å². The van der Waals surface area contributed by atoms with Crippen LogP contribution in [0.3, 0.4) is 0 Å². The Kier molecular flexibility index (Phi) is 3.99. The highest BCUT2D eigenvalue weighted by molar-refractivity contribution is 7.05. The van der Waals surface area contributed by atoms with Gasteiger partial charge in [0.25, 0.3) is 0 Å². The molecule has 1 aromatic heterocycles. The number of halogens is 2. The van der Waals surface area contributed by atoms with Gasteiger partial charge in [-0.3, -0.25) is 0 Å². The molecule has 3 nitrogen and oxygen atoms in total. The number of aliphatic hydroxyl groups is 1. The number of aromatic nitrogens is 2. The summed E-state index contributed by atoms with van der Waals surface area (Å²) in [6.07, 6.45) is -0.131. The summed E-state index contributed by atoms with van der Waals surface area (Å²) in [7, 11) is 0. The summed E-state index contributed by atoms with van der Waals surface area (Å²) < 4.78 is 3.80. The van der Waals surface area contributed by atoms with Gasteiger partial charge in [-0.05, 0) is 36.2 Å². The van der Waals surface area contributed by atoms with Crippen LogP contribution in [0, 0.1) is 6.92 Å². The zero-order valence-corrected chi connectivity index (χ0v) is 11.4. The van der Waals surface area contributed by atoms with Crippen LogP contribution in [-0.4, -0.2) is 14.7 Å². The molecule has 0 aliphatic rings. The Morgan fingerprint density at radius 2 is 2.12 bits per heavy atom. The molecule has 0 saturated carbocycles. The lowest BCUT2D eigenvalue weighted by atomic mass is 10.1. The monoisotopic (exact) mass is 288 g/mol. The summed E-state index contributed by atoms with van der Waals surface area (Å²) >= 11 is 13.0. The Labute approximate surface area is 113 Å². The molecule has 90 valence electrons. The molecule has 1 N–H and O–H groups in total. The molecule has 0 saturated heterocycles. The minimum absolute atomic E-state index is 0.474. The van der Waals surface area contributed by atoms with Crippen LogP contribution in [0.2, 0.25) is 10.0 Å². The number of aryl methyl sites for hydroxylation is 1. The van der Waals surface area contributed by atoms with Crippen molar-refractivity contribution >= 4 is 34.7 Å². The number of aliphatic hydroxyl groups excluding tert-OH is 1. The molecule has 1 aromatic carbocycles. The number of hydrogen-bond donors (Lipinski definition) is 1. The second-order valence-corrected chi connectivity index (χ2v) is 5.29. The van der Waals surface area contributed by atoms with Crippen molar-refractivity contribution in [2.45, 2.75) is 19.4 Å². The fourth-order valence-electron chi connectivity index (χ4n) is 1.53. The lowest BCUT2D eigenvalue weighted by Gasteiger charge is -2.09. The molecule has 0 fully saturated rings. The summed E-state index contributed by atoms with van der Waals surface area (Å²) in [6.45, 7) is 1.83. The first-order valence-corrected chi connectivity index (χ1v) is 6.51. The zero-order valence-electron chi connectivity index (χ0n) is 9.02. The molecule has 1 atom stereocenters. The Hall–Kier alpha value is -0.680. The topological polar surface area (TPSA) is 46.0 Å². The second-order valence-electron chi connectivity index (χ2n) is 3.69. The van der Waals surface area contributed by atoms with E-state index in [2.05, 4.69) is 9.59 Å². The summed E-state index contributed by atoms with van der Waals surface area (Å²) in [5, 5.41) is 14.9. The molecule has 17 heavy (non-hydrogen) atoms. The van der Waals surface area contributed by atoms with Crippen LogP contribution in [0.15, 0.2) is 18.2 Å². The molecule has 2 aromatic rings. The standard InChI is InChI=1S/C11H10Cl2N2OS/c1-6-11(17-15-14-6)10(16)5-7-2-3-8(12)9(13)4-7/h2-4,10,16H,5H2,1H3. The van der Waals surface area contributed by atoms with Gasteiger partial charge in [0, 0.05) is 6.42 Å². The summed E-state index contributed by atoms with van der Waals surface area (Å²) in [4.78, 5) is 0.788. The SMILES string of the molecule is Cc1nnsc1C(O)Cc1ccc(Cl)c(Cl)c1. The highest BCUT2D eigenvalue weighted by Crippen LogP contribution is 2.27. The number of nitrogens with zero attached hydrogens (tertiary/aromatic N) is 2. The zero-order chi connectivity index (χ0) is 12.4. The minimum atomic E-state index is -0.604. The molecule has 0 aliphatic carbocycles. The molecule has 0 amide bonds. The Morgan fingerprint density at radius 1 is 1.35 bits per heavy atom. The Balaban J connectivity index is 2.16. The lowest BCUT2D eigenvalue weighted by molar-refractivity contribution is 0.181. The highest BCUT2D eigenvalue weighted by atomic mass is 35.5. The van der Waals surface area contributed by atoms with Gasteiger partial charge in [0.2, 0.25) is 0 Å². The Bertz CT molecular complexity index is 530. The molecule has 0 bridgehead atoms. The van der Waals surface area contributed by atoms with Gasteiger partial charge >= 0.3 is 0 Å². The van der Waals surface area contributed by atoms with Crippen molar-refractivity contribution in [2.24, 2.45) is 0 Å². The highest BCUT2D eigenvalue weighted by Gasteiger charge is 2.15. The number of hydrogen-bond acceptors (Lipinski definition) is 4. The van der Waals surface area contributed by atoms with Crippen molar-refractivity contribution in [1.29, 1.82) is 0 Å². The molecular weight excluding hydrogens is 279 g/mol. The predicted molar refractivity (Wildman–Crippen MR) is 69.8 cm³/mol. The average Bonchev–Trinajstić information content (AvgIpc) is 2.70. The van der Waals surface area contributed by atoms with Gasteiger partial charge in [-0.25, -0.2) is 0 Å². The van der Waals surface area contributed by atoms with E-state index in [0.29, 0.717) is 16.5 Å². The third kappa shape index (κ3) is 2.96. The molecule has 6 heteroatoms. The van der Waals surface area contributed by atoms with Gasteiger partial charge in [0.1, 0.15) is 0 Å². The largest absolute Gasteiger partial charge is 0.387 e. The van der Waals surface area contributed by atoms with E-state index in [1.54, 1.807) is 12.1 Å². The van der Waals surface area contributed by atoms with Crippen LogP contribution >= 0.6 is 34.7 Å². The lowest BCUT2D eigenvalue weighted by Crippen LogP contribution is -2.01. The van der Waals surface area contributed by atoms with Crippen molar-refractivity contribution in [1.82, 2.24) is 9.59 Å². The van der Waals surface area contributed by atoms with E-state index in [-0.39, 0.29) is 0 Å². The van der Waals surface area contributed by atoms with Crippen LogP contribution in [0.4, 0.5) is 0 Å². The van der Waals surface area contributed by atoms with Crippen molar-refractivity contribution in [3.05, 3.63) is 44.4 Å². The van der Waals surface area contributed by atoms with Crippen molar-refractivity contribution < 1.29 is 5.11 Å². The smallest absolute Gasteiger partial charge is 0.0957 e. The maximum atomic E-state index is 10.1. The summed E-state index contributed by atoms with van der Waals surface area (Å²) in [6, 6.07) is 5.34. The fourth-order valence-corrected chi connectivity index (χ4v) is 2.48. The predicted octanol–water partition coefficient (Wildman–Crippen LogP) is 3.43. The van der Waals surface area contributed by atoms with Gasteiger partial charge in [-0.1, -0.05) is 33.8 Å². The van der Waals surface area contributed by atoms with Gasteiger partial charge < -0.3 is 5.11 Å². The van der Waals surface area contributed by atoms with Crippen molar-refractivity contribution in [2.75, 3.05) is 0 Å². The summed E-state index contributed by atoms with van der Waals surface area (Å²) in [5.41, 5.74) is 1.70. The summed E-state index contributed by atoms with van der Waals surface area (Å²) in [5.74, 6) is 0. The van der Waals surface area contributed by atoms with Gasteiger partial charge in [0.15, 0.2) is 0 Å². The van der Waals surface area contributed by atoms with Crippen molar-refractivity contribution in [3.8, 4) is 0 Å². The third-order valence-electron chi connectivity index (χ3n) is 2.40. The molecule has 1 unspecified atom stereocenters. The van der Waals surface area contributed by atoms with Crippen LogP contribution in [0.1, 0.15) is 22.2 Å². The van der Waals surface area contributed by atoms with Gasteiger partial charge in [-0.15, -0.1) is 5.10 Å². The third-order valence-corrected chi connectivity index (χ3v) is 4.07. The normalized spacial score (nSPS) is 12.7. The number of benzene rings is 1. The first-order chi connectivity index (χ1) is 8.08. The van der Waals surface area contributed by atoms with E-state index >= 15 is 0 Å². The fraction of sp³-hybridized carbons (Fsp3) is 0.273. The van der Waals surface area contributed by atoms with E-state index in [1.165, 1.54) is 11.5 Å². The Morgan fingerprint density at radius 3 is 2.71 bits per heavy atom. The van der Waals surface area contributed by atoms with E-state index in [0.717, 1.165) is 16.1 Å². The molecule has 0 radical (unpaired) electrons. The maximum absolute atomic E-state index is 10.1. The van der Waals surface area contributed by atoms with Crippen molar-refractivity contribution in [3.63, 3.8) is 0 Å². The quantitative estimate of drug-likeness (QED) is 0.941. The molecule has 0 spiro atoms. The van der Waals surface area contributed by atoms with Crippen LogP contribution in [0.5, 0.6) is 0 Å². The maximum Gasteiger partial charge on any atom is 0.0957 e. The first-order valence-electron chi connectivity index (χ1n) is 4.98. The van der Waals surface area contributed by atoms with E-state index < -0.39 is 6.10 Å². The van der Waals surface area contributed by atoms with E-state index in [1.807, 2.05) is 13.0 Å². The second kappa shape index (κ2) is 5.31. The van der Waals surface area contributed by atoms with Crippen LogP contribution in [-0.2, 0) is 6.42 Å². The first kappa shape index (κ1) is 12.8.